The molecule has 1 aromatic heterocycles. The van der Waals surface area contributed by atoms with Gasteiger partial charge in [-0.05, 0) is 25.0 Å². The van der Waals surface area contributed by atoms with E-state index in [1.54, 1.807) is 13.3 Å². The van der Waals surface area contributed by atoms with Crippen LogP contribution in [-0.4, -0.2) is 25.2 Å². The molecule has 14 heavy (non-hydrogen) atoms. The number of aromatic nitrogens is 1. The number of hydrogen-bond acceptors (Lipinski definition) is 4. The predicted molar refractivity (Wildman–Crippen MR) is 58.2 cm³/mol. The summed E-state index contributed by atoms with van der Waals surface area (Å²) in [5, 5.41) is 3.21. The highest BCUT2D eigenvalue weighted by molar-refractivity contribution is 5.43. The first-order valence-electron chi connectivity index (χ1n) is 4.77. The van der Waals surface area contributed by atoms with E-state index in [0.29, 0.717) is 5.69 Å². The Morgan fingerprint density at radius 3 is 2.93 bits per heavy atom. The van der Waals surface area contributed by atoms with Crippen LogP contribution in [0.5, 0.6) is 0 Å². The third-order valence-corrected chi connectivity index (χ3v) is 1.87. The number of nitrogens with zero attached hydrogens (tertiary/aromatic N) is 1. The van der Waals surface area contributed by atoms with Crippen LogP contribution in [0, 0.1) is 0 Å². The number of ether oxygens (including phenoxy) is 1. The lowest BCUT2D eigenvalue weighted by Crippen LogP contribution is -2.04. The zero-order valence-corrected chi connectivity index (χ0v) is 8.49. The van der Waals surface area contributed by atoms with Crippen LogP contribution in [0.2, 0.25) is 0 Å². The van der Waals surface area contributed by atoms with E-state index in [9.17, 15) is 0 Å². The molecule has 0 bridgehead atoms. The van der Waals surface area contributed by atoms with E-state index in [1.807, 2.05) is 12.1 Å². The molecule has 4 heteroatoms. The molecule has 0 fully saturated rings. The Morgan fingerprint density at radius 2 is 2.29 bits per heavy atom. The lowest BCUT2D eigenvalue weighted by atomic mass is 10.3. The van der Waals surface area contributed by atoms with Gasteiger partial charge in [-0.15, -0.1) is 0 Å². The van der Waals surface area contributed by atoms with E-state index in [-0.39, 0.29) is 0 Å². The number of nitrogens with two attached hydrogens (primary N) is 1. The molecule has 0 atom stereocenters. The van der Waals surface area contributed by atoms with E-state index in [0.717, 1.165) is 31.8 Å². The fourth-order valence-electron chi connectivity index (χ4n) is 1.10. The number of pyridine rings is 1. The van der Waals surface area contributed by atoms with Gasteiger partial charge in [0, 0.05) is 20.3 Å². The molecule has 1 heterocycles. The zero-order valence-electron chi connectivity index (χ0n) is 8.49. The highest BCUT2D eigenvalue weighted by atomic mass is 16.5. The van der Waals surface area contributed by atoms with Crippen molar-refractivity contribution in [3.8, 4) is 0 Å². The summed E-state index contributed by atoms with van der Waals surface area (Å²) in [6.45, 7) is 1.73. The Bertz CT molecular complexity index is 248. The van der Waals surface area contributed by atoms with Gasteiger partial charge < -0.3 is 15.8 Å². The van der Waals surface area contributed by atoms with E-state index < -0.39 is 0 Å². The average Bonchev–Trinajstić information content (AvgIpc) is 2.21. The van der Waals surface area contributed by atoms with Gasteiger partial charge in [0.05, 0.1) is 11.9 Å². The van der Waals surface area contributed by atoms with Crippen LogP contribution in [0.15, 0.2) is 18.3 Å². The van der Waals surface area contributed by atoms with Crippen LogP contribution in [0.3, 0.4) is 0 Å². The maximum absolute atomic E-state index is 5.51. The van der Waals surface area contributed by atoms with Crippen molar-refractivity contribution in [2.45, 2.75) is 12.8 Å². The Morgan fingerprint density at radius 1 is 1.43 bits per heavy atom. The van der Waals surface area contributed by atoms with Gasteiger partial charge in [-0.2, -0.15) is 0 Å². The van der Waals surface area contributed by atoms with Gasteiger partial charge in [0.15, 0.2) is 0 Å². The Hall–Kier alpha value is -1.29. The number of anilines is 2. The number of hydrogen-bond donors (Lipinski definition) is 2. The summed E-state index contributed by atoms with van der Waals surface area (Å²) in [4.78, 5) is 4.13. The number of unbranched alkanes of at least 4 members (excludes halogenated alkanes) is 1. The number of nitrogens with one attached hydrogen (secondary N) is 1. The van der Waals surface area contributed by atoms with E-state index >= 15 is 0 Å². The van der Waals surface area contributed by atoms with Crippen molar-refractivity contribution in [3.63, 3.8) is 0 Å². The van der Waals surface area contributed by atoms with Crippen molar-refractivity contribution in [1.82, 2.24) is 4.98 Å². The van der Waals surface area contributed by atoms with Gasteiger partial charge in [0.2, 0.25) is 0 Å². The van der Waals surface area contributed by atoms with Crippen molar-refractivity contribution in [2.75, 3.05) is 31.3 Å². The van der Waals surface area contributed by atoms with Gasteiger partial charge in [0.25, 0.3) is 0 Å². The molecule has 78 valence electrons. The van der Waals surface area contributed by atoms with E-state index in [2.05, 4.69) is 10.3 Å². The minimum absolute atomic E-state index is 0.690. The van der Waals surface area contributed by atoms with E-state index in [1.165, 1.54) is 0 Å². The van der Waals surface area contributed by atoms with Crippen molar-refractivity contribution in [1.29, 1.82) is 0 Å². The van der Waals surface area contributed by atoms with Crippen LogP contribution in [-0.2, 0) is 4.74 Å². The van der Waals surface area contributed by atoms with Crippen LogP contribution in [0.4, 0.5) is 11.5 Å². The maximum atomic E-state index is 5.51. The fraction of sp³-hybridized carbons (Fsp3) is 0.500. The van der Waals surface area contributed by atoms with Gasteiger partial charge >= 0.3 is 0 Å². The average molecular weight is 195 g/mol. The van der Waals surface area contributed by atoms with Crippen molar-refractivity contribution < 1.29 is 4.74 Å². The second-order valence-corrected chi connectivity index (χ2v) is 3.10. The van der Waals surface area contributed by atoms with Crippen LogP contribution in [0.25, 0.3) is 0 Å². The molecule has 0 unspecified atom stereocenters. The summed E-state index contributed by atoms with van der Waals surface area (Å²) < 4.78 is 4.95. The smallest absolute Gasteiger partial charge is 0.126 e. The number of nitrogen functional groups attached to an aromatic ring is 1. The quantitative estimate of drug-likeness (QED) is 0.675. The molecule has 4 nitrogen and oxygen atoms in total. The molecule has 0 amide bonds. The van der Waals surface area contributed by atoms with Crippen LogP contribution in [0.1, 0.15) is 12.8 Å². The normalized spacial score (nSPS) is 10.1. The Balaban J connectivity index is 2.15. The van der Waals surface area contributed by atoms with Gasteiger partial charge in [-0.25, -0.2) is 4.98 Å². The molecule has 0 aliphatic heterocycles. The van der Waals surface area contributed by atoms with Crippen molar-refractivity contribution in [3.05, 3.63) is 18.3 Å². The lowest BCUT2D eigenvalue weighted by molar-refractivity contribution is 0.194. The second kappa shape index (κ2) is 6.21. The molecule has 1 rings (SSSR count). The molecule has 0 aliphatic rings. The maximum Gasteiger partial charge on any atom is 0.126 e. The fourth-order valence-corrected chi connectivity index (χ4v) is 1.10. The highest BCUT2D eigenvalue weighted by Crippen LogP contribution is 2.05. The lowest BCUT2D eigenvalue weighted by Gasteiger charge is -2.04. The van der Waals surface area contributed by atoms with Gasteiger partial charge in [-0.3, -0.25) is 0 Å². The molecule has 0 saturated heterocycles. The Labute approximate surface area is 84.5 Å². The SMILES string of the molecule is COCCCCNc1ccc(N)cn1. The molecular weight excluding hydrogens is 178 g/mol. The highest BCUT2D eigenvalue weighted by Gasteiger charge is 1.92. The molecule has 0 saturated carbocycles. The summed E-state index contributed by atoms with van der Waals surface area (Å²) in [6.07, 6.45) is 3.80. The molecule has 1 aromatic rings. The van der Waals surface area contributed by atoms with E-state index in [4.69, 9.17) is 10.5 Å². The van der Waals surface area contributed by atoms with Gasteiger partial charge in [0.1, 0.15) is 5.82 Å². The topological polar surface area (TPSA) is 60.2 Å². The first-order chi connectivity index (χ1) is 6.83. The van der Waals surface area contributed by atoms with Crippen molar-refractivity contribution in [2.24, 2.45) is 0 Å². The first-order valence-corrected chi connectivity index (χ1v) is 4.77. The summed E-state index contributed by atoms with van der Waals surface area (Å²) >= 11 is 0. The minimum Gasteiger partial charge on any atom is -0.397 e. The van der Waals surface area contributed by atoms with Crippen LogP contribution < -0.4 is 11.1 Å². The zero-order chi connectivity index (χ0) is 10.2. The summed E-state index contributed by atoms with van der Waals surface area (Å²) in [5.41, 5.74) is 6.20. The Kier molecular flexibility index (Phi) is 4.78. The standard InChI is InChI=1S/C10H17N3O/c1-14-7-3-2-6-12-10-5-4-9(11)8-13-10/h4-5,8H,2-3,6-7,11H2,1H3,(H,12,13). The number of rotatable bonds is 6. The summed E-state index contributed by atoms with van der Waals surface area (Å²) in [6, 6.07) is 3.72. The third-order valence-electron chi connectivity index (χ3n) is 1.87. The summed E-state index contributed by atoms with van der Waals surface area (Å²) in [5.74, 6) is 0.872. The van der Waals surface area contributed by atoms with Crippen LogP contribution >= 0.6 is 0 Å². The molecule has 0 aromatic carbocycles. The third kappa shape index (κ3) is 4.09. The second-order valence-electron chi connectivity index (χ2n) is 3.10. The monoisotopic (exact) mass is 195 g/mol. The largest absolute Gasteiger partial charge is 0.397 e. The first kappa shape index (κ1) is 10.8. The summed E-state index contributed by atoms with van der Waals surface area (Å²) in [7, 11) is 1.72. The van der Waals surface area contributed by atoms with Gasteiger partial charge in [-0.1, -0.05) is 0 Å². The molecule has 0 aliphatic carbocycles. The molecule has 3 N–H and O–H groups in total. The molecule has 0 radical (unpaired) electrons. The van der Waals surface area contributed by atoms with Crippen molar-refractivity contribution >= 4 is 11.5 Å². The molecular formula is C10H17N3O. The predicted octanol–water partition coefficient (Wildman–Crippen LogP) is 1.50. The minimum atomic E-state index is 0.690. The molecule has 0 spiro atoms. The number of methoxy groups -OCH3 is 1.